The van der Waals surface area contributed by atoms with E-state index in [-0.39, 0.29) is 5.91 Å². The van der Waals surface area contributed by atoms with E-state index >= 15 is 0 Å². The number of nitrogens with two attached hydrogens (primary N) is 1. The summed E-state index contributed by atoms with van der Waals surface area (Å²) in [6.45, 7) is 0.569. The third kappa shape index (κ3) is 3.19. The molecule has 3 rings (SSSR count). The molecule has 0 heterocycles. The molecule has 1 fully saturated rings. The first-order valence-electron chi connectivity index (χ1n) is 7.05. The number of nitrogen functional groups attached to an aromatic ring is 1. The van der Waals surface area contributed by atoms with E-state index in [0.29, 0.717) is 28.9 Å². The first-order valence-corrected chi connectivity index (χ1v) is 7.43. The van der Waals surface area contributed by atoms with E-state index in [2.05, 4.69) is 0 Å². The molecule has 0 spiro atoms. The molecule has 0 unspecified atom stereocenters. The van der Waals surface area contributed by atoms with Gasteiger partial charge in [0, 0.05) is 18.3 Å². The molecule has 2 aromatic rings. The highest BCUT2D eigenvalue weighted by molar-refractivity contribution is 6.33. The number of nitrogens with zero attached hydrogens (tertiary/aromatic N) is 1. The summed E-state index contributed by atoms with van der Waals surface area (Å²) < 4.78 is 0. The van der Waals surface area contributed by atoms with Crippen LogP contribution >= 0.6 is 11.6 Å². The van der Waals surface area contributed by atoms with Crippen LogP contribution in [-0.4, -0.2) is 16.8 Å². The van der Waals surface area contributed by atoms with Crippen molar-refractivity contribution in [1.82, 2.24) is 4.90 Å². The number of rotatable bonds is 4. The number of carbonyl (C=O) groups excluding carboxylic acids is 1. The predicted octanol–water partition coefficient (Wildman–Crippen LogP) is 3.73. The van der Waals surface area contributed by atoms with Crippen molar-refractivity contribution in [3.05, 3.63) is 64.7 Å². The summed E-state index contributed by atoms with van der Waals surface area (Å²) in [5, 5.41) is 0.501. The van der Waals surface area contributed by atoms with Gasteiger partial charge in [-0.3, -0.25) is 4.79 Å². The third-order valence-electron chi connectivity index (χ3n) is 3.66. The maximum absolute atomic E-state index is 12.7. The lowest BCUT2D eigenvalue weighted by Gasteiger charge is -2.23. The van der Waals surface area contributed by atoms with Crippen molar-refractivity contribution >= 4 is 23.2 Å². The van der Waals surface area contributed by atoms with E-state index in [1.165, 1.54) is 0 Å². The second-order valence-corrected chi connectivity index (χ2v) is 5.80. The number of halogens is 1. The highest BCUT2D eigenvalue weighted by Crippen LogP contribution is 2.31. The number of hydrogen-bond donors (Lipinski definition) is 1. The lowest BCUT2D eigenvalue weighted by molar-refractivity contribution is 0.0730. The van der Waals surface area contributed by atoms with E-state index in [1.807, 2.05) is 41.3 Å². The summed E-state index contributed by atoms with van der Waals surface area (Å²) in [6, 6.07) is 15.2. The molecule has 1 aliphatic rings. The van der Waals surface area contributed by atoms with Gasteiger partial charge in [0.1, 0.15) is 0 Å². The quantitative estimate of drug-likeness (QED) is 0.875. The van der Waals surface area contributed by atoms with Crippen molar-refractivity contribution in [3.8, 4) is 0 Å². The maximum atomic E-state index is 12.7. The molecule has 3 nitrogen and oxygen atoms in total. The molecule has 1 aliphatic carbocycles. The van der Waals surface area contributed by atoms with Gasteiger partial charge in [-0.2, -0.15) is 0 Å². The molecule has 21 heavy (non-hydrogen) atoms. The van der Waals surface area contributed by atoms with Crippen molar-refractivity contribution in [2.75, 3.05) is 5.73 Å². The number of amides is 1. The van der Waals surface area contributed by atoms with E-state index in [0.717, 1.165) is 18.4 Å². The standard InChI is InChI=1S/C17H17ClN2O/c18-16-7-2-1-6-15(16)17(21)20(14-8-9-14)11-12-4-3-5-13(19)10-12/h1-7,10,14H,8-9,11,19H2. The third-order valence-corrected chi connectivity index (χ3v) is 3.99. The Labute approximate surface area is 129 Å². The van der Waals surface area contributed by atoms with Crippen molar-refractivity contribution in [2.24, 2.45) is 0 Å². The van der Waals surface area contributed by atoms with Crippen LogP contribution in [0.1, 0.15) is 28.8 Å². The molecule has 4 heteroatoms. The van der Waals surface area contributed by atoms with Crippen LogP contribution in [0.2, 0.25) is 5.02 Å². The summed E-state index contributed by atoms with van der Waals surface area (Å²) in [5.74, 6) is -0.00877. The van der Waals surface area contributed by atoms with Crippen LogP contribution in [-0.2, 0) is 6.54 Å². The average Bonchev–Trinajstić information content (AvgIpc) is 3.29. The zero-order valence-electron chi connectivity index (χ0n) is 11.6. The van der Waals surface area contributed by atoms with Gasteiger partial charge in [-0.15, -0.1) is 0 Å². The van der Waals surface area contributed by atoms with Crippen LogP contribution in [0.4, 0.5) is 5.69 Å². The van der Waals surface area contributed by atoms with Gasteiger partial charge in [0.2, 0.25) is 0 Å². The second-order valence-electron chi connectivity index (χ2n) is 5.39. The highest BCUT2D eigenvalue weighted by atomic mass is 35.5. The molecule has 108 valence electrons. The van der Waals surface area contributed by atoms with Gasteiger partial charge in [-0.05, 0) is 42.7 Å². The van der Waals surface area contributed by atoms with Crippen molar-refractivity contribution < 1.29 is 4.79 Å². The van der Waals surface area contributed by atoms with Gasteiger partial charge in [0.05, 0.1) is 10.6 Å². The molecule has 1 amide bonds. The van der Waals surface area contributed by atoms with Crippen molar-refractivity contribution in [1.29, 1.82) is 0 Å². The van der Waals surface area contributed by atoms with Crippen LogP contribution in [0.3, 0.4) is 0 Å². The lowest BCUT2D eigenvalue weighted by Crippen LogP contribution is -2.32. The van der Waals surface area contributed by atoms with Crippen molar-refractivity contribution in [3.63, 3.8) is 0 Å². The summed E-state index contributed by atoms with van der Waals surface area (Å²) in [5.41, 5.74) is 8.14. The number of hydrogen-bond acceptors (Lipinski definition) is 2. The first-order chi connectivity index (χ1) is 10.1. The Morgan fingerprint density at radius 3 is 2.62 bits per heavy atom. The molecular weight excluding hydrogens is 284 g/mol. The molecular formula is C17H17ClN2O. The fraction of sp³-hybridized carbons (Fsp3) is 0.235. The van der Waals surface area contributed by atoms with E-state index in [1.54, 1.807) is 12.1 Å². The zero-order valence-corrected chi connectivity index (χ0v) is 12.4. The Kier molecular flexibility index (Phi) is 3.84. The smallest absolute Gasteiger partial charge is 0.255 e. The SMILES string of the molecule is Nc1cccc(CN(C(=O)c2ccccc2Cl)C2CC2)c1. The minimum Gasteiger partial charge on any atom is -0.399 e. The number of anilines is 1. The molecule has 0 aliphatic heterocycles. The van der Waals surface area contributed by atoms with E-state index in [9.17, 15) is 4.79 Å². The van der Waals surface area contributed by atoms with E-state index < -0.39 is 0 Å². The second kappa shape index (κ2) is 5.78. The monoisotopic (exact) mass is 300 g/mol. The van der Waals surface area contributed by atoms with Gasteiger partial charge in [-0.1, -0.05) is 35.9 Å². The van der Waals surface area contributed by atoms with E-state index in [4.69, 9.17) is 17.3 Å². The molecule has 0 aromatic heterocycles. The Morgan fingerprint density at radius 1 is 1.19 bits per heavy atom. The molecule has 2 N–H and O–H groups in total. The lowest BCUT2D eigenvalue weighted by atomic mass is 10.1. The van der Waals surface area contributed by atoms with Crippen molar-refractivity contribution in [2.45, 2.75) is 25.4 Å². The Bertz CT molecular complexity index is 667. The zero-order chi connectivity index (χ0) is 14.8. The van der Waals surface area contributed by atoms with Crippen LogP contribution < -0.4 is 5.73 Å². The summed E-state index contributed by atoms with van der Waals surface area (Å²) >= 11 is 6.15. The number of benzene rings is 2. The van der Waals surface area contributed by atoms with Crippen LogP contribution in [0, 0.1) is 0 Å². The molecule has 2 aromatic carbocycles. The largest absolute Gasteiger partial charge is 0.399 e. The van der Waals surface area contributed by atoms with Gasteiger partial charge in [-0.25, -0.2) is 0 Å². The predicted molar refractivity (Wildman–Crippen MR) is 85.2 cm³/mol. The Hall–Kier alpha value is -2.00. The average molecular weight is 301 g/mol. The summed E-state index contributed by atoms with van der Waals surface area (Å²) in [7, 11) is 0. The minimum atomic E-state index is -0.00877. The van der Waals surface area contributed by atoms with Gasteiger partial charge in [0.25, 0.3) is 5.91 Å². The minimum absolute atomic E-state index is 0.00877. The summed E-state index contributed by atoms with van der Waals surface area (Å²) in [6.07, 6.45) is 2.11. The van der Waals surface area contributed by atoms with Gasteiger partial charge in [0.15, 0.2) is 0 Å². The first kappa shape index (κ1) is 14.0. The molecule has 0 radical (unpaired) electrons. The molecule has 1 saturated carbocycles. The fourth-order valence-corrected chi connectivity index (χ4v) is 2.65. The Balaban J connectivity index is 1.85. The maximum Gasteiger partial charge on any atom is 0.255 e. The van der Waals surface area contributed by atoms with Crippen LogP contribution in [0.25, 0.3) is 0 Å². The molecule has 0 bridgehead atoms. The number of carbonyl (C=O) groups is 1. The van der Waals surface area contributed by atoms with Gasteiger partial charge < -0.3 is 10.6 Å². The van der Waals surface area contributed by atoms with Crippen LogP contribution in [0.5, 0.6) is 0 Å². The topological polar surface area (TPSA) is 46.3 Å². The van der Waals surface area contributed by atoms with Crippen LogP contribution in [0.15, 0.2) is 48.5 Å². The van der Waals surface area contributed by atoms with Gasteiger partial charge >= 0.3 is 0 Å². The molecule has 0 saturated heterocycles. The normalized spacial score (nSPS) is 14.0. The summed E-state index contributed by atoms with van der Waals surface area (Å²) in [4.78, 5) is 14.6. The molecule has 0 atom stereocenters. The highest BCUT2D eigenvalue weighted by Gasteiger charge is 2.33. The fourth-order valence-electron chi connectivity index (χ4n) is 2.43. The Morgan fingerprint density at radius 2 is 1.95 bits per heavy atom.